The normalized spacial score (nSPS) is 15.2. The molecule has 1 fully saturated rings. The Hall–Kier alpha value is -2.16. The van der Waals surface area contributed by atoms with Gasteiger partial charge in [0.2, 0.25) is 10.0 Å². The molecule has 0 aromatic heterocycles. The van der Waals surface area contributed by atoms with Gasteiger partial charge in [-0.1, -0.05) is 23.7 Å². The van der Waals surface area contributed by atoms with Crippen LogP contribution in [0.4, 0.5) is 17.1 Å². The Balaban J connectivity index is 1.99. The van der Waals surface area contributed by atoms with E-state index in [4.69, 9.17) is 11.6 Å². The average molecular weight is 382 g/mol. The van der Waals surface area contributed by atoms with E-state index in [9.17, 15) is 18.5 Å². The number of nitro benzene ring substituents is 1. The minimum absolute atomic E-state index is 0.0780. The molecule has 0 atom stereocenters. The zero-order chi connectivity index (χ0) is 18.0. The standard InChI is InChI=1S/C16H16ClN3O4S/c17-13-5-1-2-6-14(13)18-15-8-7-12(11-16(15)20(21)22)25(23,24)19-9-3-4-10-19/h1-2,5-8,11,18H,3-4,9-10H2. The van der Waals surface area contributed by atoms with E-state index in [1.807, 2.05) is 0 Å². The molecule has 9 heteroatoms. The lowest BCUT2D eigenvalue weighted by Gasteiger charge is -2.16. The summed E-state index contributed by atoms with van der Waals surface area (Å²) in [6.07, 6.45) is 1.60. The summed E-state index contributed by atoms with van der Waals surface area (Å²) in [7, 11) is -3.72. The number of halogens is 1. The highest BCUT2D eigenvalue weighted by atomic mass is 35.5. The summed E-state index contributed by atoms with van der Waals surface area (Å²) in [5.41, 5.74) is 0.362. The molecule has 1 N–H and O–H groups in total. The molecule has 0 unspecified atom stereocenters. The van der Waals surface area contributed by atoms with Crippen LogP contribution in [0, 0.1) is 10.1 Å². The zero-order valence-corrected chi connectivity index (χ0v) is 14.8. The summed E-state index contributed by atoms with van der Waals surface area (Å²) in [6.45, 7) is 0.880. The number of nitro groups is 1. The lowest BCUT2D eigenvalue weighted by Crippen LogP contribution is -2.27. The number of para-hydroxylation sites is 1. The van der Waals surface area contributed by atoms with E-state index in [2.05, 4.69) is 5.32 Å². The third-order valence-corrected chi connectivity index (χ3v) is 6.24. The van der Waals surface area contributed by atoms with E-state index in [1.54, 1.807) is 24.3 Å². The topological polar surface area (TPSA) is 92.5 Å². The van der Waals surface area contributed by atoms with Gasteiger partial charge in [0.05, 0.1) is 20.5 Å². The minimum atomic E-state index is -3.72. The van der Waals surface area contributed by atoms with Crippen molar-refractivity contribution in [3.8, 4) is 0 Å². The van der Waals surface area contributed by atoms with Gasteiger partial charge in [-0.05, 0) is 37.1 Å². The van der Waals surface area contributed by atoms with Gasteiger partial charge in [-0.2, -0.15) is 4.31 Å². The van der Waals surface area contributed by atoms with Gasteiger partial charge >= 0.3 is 0 Å². The fourth-order valence-electron chi connectivity index (χ4n) is 2.71. The van der Waals surface area contributed by atoms with Crippen molar-refractivity contribution < 1.29 is 13.3 Å². The van der Waals surface area contributed by atoms with Gasteiger partial charge in [-0.3, -0.25) is 10.1 Å². The van der Waals surface area contributed by atoms with Crippen molar-refractivity contribution >= 4 is 38.7 Å². The Morgan fingerprint density at radius 3 is 2.40 bits per heavy atom. The molecule has 7 nitrogen and oxygen atoms in total. The predicted octanol–water partition coefficient (Wildman–Crippen LogP) is 3.78. The Bertz CT molecular complexity index is 911. The van der Waals surface area contributed by atoms with E-state index < -0.39 is 14.9 Å². The zero-order valence-electron chi connectivity index (χ0n) is 13.2. The Morgan fingerprint density at radius 1 is 1.08 bits per heavy atom. The fraction of sp³-hybridized carbons (Fsp3) is 0.250. The fourth-order valence-corrected chi connectivity index (χ4v) is 4.43. The maximum atomic E-state index is 12.6. The Kier molecular flexibility index (Phi) is 4.94. The first-order valence-electron chi connectivity index (χ1n) is 7.70. The number of nitrogens with zero attached hydrogens (tertiary/aromatic N) is 2. The molecule has 1 aliphatic heterocycles. The van der Waals surface area contributed by atoms with Gasteiger partial charge in [0, 0.05) is 19.2 Å². The third kappa shape index (κ3) is 3.60. The van der Waals surface area contributed by atoms with Crippen LogP contribution in [0.3, 0.4) is 0 Å². The molecular formula is C16H16ClN3O4S. The van der Waals surface area contributed by atoms with Crippen LogP contribution in [0.15, 0.2) is 47.4 Å². The van der Waals surface area contributed by atoms with Crippen molar-refractivity contribution in [1.29, 1.82) is 0 Å². The molecule has 3 rings (SSSR count). The maximum Gasteiger partial charge on any atom is 0.294 e. The summed E-state index contributed by atoms with van der Waals surface area (Å²) in [6, 6.07) is 10.7. The van der Waals surface area contributed by atoms with E-state index in [0.717, 1.165) is 18.9 Å². The van der Waals surface area contributed by atoms with Crippen molar-refractivity contribution in [2.75, 3.05) is 18.4 Å². The minimum Gasteiger partial charge on any atom is -0.349 e. The second kappa shape index (κ2) is 6.99. The van der Waals surface area contributed by atoms with Crippen molar-refractivity contribution in [2.24, 2.45) is 0 Å². The van der Waals surface area contributed by atoms with Crippen molar-refractivity contribution in [1.82, 2.24) is 4.31 Å². The Morgan fingerprint density at radius 2 is 1.76 bits per heavy atom. The summed E-state index contributed by atoms with van der Waals surface area (Å²) < 4.78 is 26.5. The number of benzene rings is 2. The van der Waals surface area contributed by atoms with Crippen LogP contribution in [-0.4, -0.2) is 30.7 Å². The first kappa shape index (κ1) is 17.7. The van der Waals surface area contributed by atoms with Crippen LogP contribution in [-0.2, 0) is 10.0 Å². The highest BCUT2D eigenvalue weighted by Gasteiger charge is 2.29. The molecular weight excluding hydrogens is 366 g/mol. The van der Waals surface area contributed by atoms with E-state index >= 15 is 0 Å². The van der Waals surface area contributed by atoms with Gasteiger partial charge < -0.3 is 5.32 Å². The Labute approximate surface area is 150 Å². The number of anilines is 2. The SMILES string of the molecule is O=[N+]([O-])c1cc(S(=O)(=O)N2CCCC2)ccc1Nc1ccccc1Cl. The van der Waals surface area contributed by atoms with E-state index in [0.29, 0.717) is 23.8 Å². The van der Waals surface area contributed by atoms with E-state index in [1.165, 1.54) is 16.4 Å². The van der Waals surface area contributed by atoms with Crippen molar-refractivity contribution in [3.05, 3.63) is 57.6 Å². The lowest BCUT2D eigenvalue weighted by molar-refractivity contribution is -0.384. The van der Waals surface area contributed by atoms with Gasteiger partial charge in [-0.15, -0.1) is 0 Å². The molecule has 0 saturated carbocycles. The highest BCUT2D eigenvalue weighted by molar-refractivity contribution is 7.89. The van der Waals surface area contributed by atoms with E-state index in [-0.39, 0.29) is 16.3 Å². The van der Waals surface area contributed by atoms with Gasteiger partial charge in [0.15, 0.2) is 0 Å². The summed E-state index contributed by atoms with van der Waals surface area (Å²) in [4.78, 5) is 10.7. The summed E-state index contributed by atoms with van der Waals surface area (Å²) in [5, 5.41) is 14.7. The molecule has 2 aromatic rings. The predicted molar refractivity (Wildman–Crippen MR) is 95.8 cm³/mol. The van der Waals surface area contributed by atoms with Gasteiger partial charge in [0.1, 0.15) is 5.69 Å². The number of rotatable bonds is 5. The van der Waals surface area contributed by atoms with Gasteiger partial charge in [0.25, 0.3) is 5.69 Å². The van der Waals surface area contributed by atoms with Crippen LogP contribution < -0.4 is 5.32 Å². The molecule has 0 amide bonds. The molecule has 132 valence electrons. The summed E-state index contributed by atoms with van der Waals surface area (Å²) in [5.74, 6) is 0. The number of nitrogens with one attached hydrogen (secondary N) is 1. The third-order valence-electron chi connectivity index (χ3n) is 4.01. The molecule has 0 aliphatic carbocycles. The molecule has 0 spiro atoms. The second-order valence-corrected chi connectivity index (χ2v) is 8.00. The molecule has 1 heterocycles. The molecule has 0 radical (unpaired) electrons. The largest absolute Gasteiger partial charge is 0.349 e. The van der Waals surface area contributed by atoms with Crippen LogP contribution >= 0.6 is 11.6 Å². The molecule has 0 bridgehead atoms. The lowest BCUT2D eigenvalue weighted by atomic mass is 10.2. The maximum absolute atomic E-state index is 12.6. The molecule has 2 aromatic carbocycles. The number of hydrogen-bond acceptors (Lipinski definition) is 5. The molecule has 1 aliphatic rings. The van der Waals surface area contributed by atoms with Crippen molar-refractivity contribution in [2.45, 2.75) is 17.7 Å². The van der Waals surface area contributed by atoms with Crippen molar-refractivity contribution in [3.63, 3.8) is 0 Å². The van der Waals surface area contributed by atoms with Crippen LogP contribution in [0.25, 0.3) is 0 Å². The monoisotopic (exact) mass is 381 g/mol. The van der Waals surface area contributed by atoms with Crippen LogP contribution in [0.5, 0.6) is 0 Å². The highest BCUT2D eigenvalue weighted by Crippen LogP contribution is 2.33. The molecule has 1 saturated heterocycles. The quantitative estimate of drug-likeness (QED) is 0.628. The molecule has 25 heavy (non-hydrogen) atoms. The average Bonchev–Trinajstić information content (AvgIpc) is 3.12. The first-order valence-corrected chi connectivity index (χ1v) is 9.51. The first-order chi connectivity index (χ1) is 11.9. The van der Waals surface area contributed by atoms with Gasteiger partial charge in [-0.25, -0.2) is 8.42 Å². The smallest absolute Gasteiger partial charge is 0.294 e. The second-order valence-electron chi connectivity index (χ2n) is 5.65. The number of sulfonamides is 1. The van der Waals surface area contributed by atoms with Crippen LogP contribution in [0.1, 0.15) is 12.8 Å². The number of hydrogen-bond donors (Lipinski definition) is 1. The summed E-state index contributed by atoms with van der Waals surface area (Å²) >= 11 is 6.06. The van der Waals surface area contributed by atoms with Crippen LogP contribution in [0.2, 0.25) is 5.02 Å².